The molecule has 0 aliphatic carbocycles. The van der Waals surface area contributed by atoms with Crippen LogP contribution in [0, 0.1) is 0 Å². The van der Waals surface area contributed by atoms with Gasteiger partial charge in [-0.05, 0) is 29.8 Å². The fourth-order valence-corrected chi connectivity index (χ4v) is 2.00. The molecule has 3 aromatic rings. The molecule has 0 aliphatic rings. The number of rotatable bonds is 4. The maximum atomic E-state index is 4.30. The van der Waals surface area contributed by atoms with Crippen LogP contribution in [0.1, 0.15) is 5.56 Å². The first-order chi connectivity index (χ1) is 9.42. The van der Waals surface area contributed by atoms with E-state index in [2.05, 4.69) is 40.1 Å². The molecule has 3 nitrogen and oxygen atoms in total. The molecular formula is C16H15N3. The Morgan fingerprint density at radius 3 is 2.68 bits per heavy atom. The molecule has 2 aromatic carbocycles. The zero-order chi connectivity index (χ0) is 12.9. The summed E-state index contributed by atoms with van der Waals surface area (Å²) in [7, 11) is 0. The van der Waals surface area contributed by atoms with Crippen LogP contribution in [0.3, 0.4) is 0 Å². The van der Waals surface area contributed by atoms with E-state index in [1.165, 1.54) is 5.56 Å². The number of hydrogen-bond acceptors (Lipinski definition) is 3. The average molecular weight is 249 g/mol. The Balaban J connectivity index is 1.65. The highest BCUT2D eigenvalue weighted by atomic mass is 15.3. The lowest BCUT2D eigenvalue weighted by Gasteiger charge is -2.09. The Hall–Kier alpha value is -2.39. The first-order valence-corrected chi connectivity index (χ1v) is 6.29. The van der Waals surface area contributed by atoms with E-state index in [0.717, 1.165) is 23.1 Å². The third kappa shape index (κ3) is 2.89. The van der Waals surface area contributed by atoms with E-state index in [1.54, 1.807) is 0 Å². The highest BCUT2D eigenvalue weighted by Crippen LogP contribution is 2.16. The average Bonchev–Trinajstić information content (AvgIpc) is 2.48. The van der Waals surface area contributed by atoms with E-state index in [1.807, 2.05) is 42.6 Å². The van der Waals surface area contributed by atoms with Gasteiger partial charge in [-0.25, -0.2) is 5.43 Å². The second-order valence-corrected chi connectivity index (χ2v) is 4.38. The van der Waals surface area contributed by atoms with Gasteiger partial charge in [0.15, 0.2) is 0 Å². The predicted octanol–water partition coefficient (Wildman–Crippen LogP) is 3.35. The molecule has 1 aromatic heterocycles. The van der Waals surface area contributed by atoms with Gasteiger partial charge < -0.3 is 5.43 Å². The molecule has 19 heavy (non-hydrogen) atoms. The van der Waals surface area contributed by atoms with Crippen molar-refractivity contribution in [3.63, 3.8) is 0 Å². The van der Waals surface area contributed by atoms with Crippen molar-refractivity contribution in [2.24, 2.45) is 0 Å². The fourth-order valence-electron chi connectivity index (χ4n) is 2.00. The summed E-state index contributed by atoms with van der Waals surface area (Å²) in [6.07, 6.45) is 1.81. The van der Waals surface area contributed by atoms with Crippen molar-refractivity contribution >= 4 is 16.6 Å². The SMILES string of the molecule is c1ccc(CNNc2ccc3ncccc3c2)cc1. The zero-order valence-electron chi connectivity index (χ0n) is 10.5. The molecule has 0 radical (unpaired) electrons. The Morgan fingerprint density at radius 2 is 1.79 bits per heavy atom. The van der Waals surface area contributed by atoms with Crippen molar-refractivity contribution < 1.29 is 0 Å². The molecule has 0 spiro atoms. The number of nitrogens with zero attached hydrogens (tertiary/aromatic N) is 1. The number of fused-ring (bicyclic) bond motifs is 1. The number of pyridine rings is 1. The molecule has 0 amide bonds. The van der Waals surface area contributed by atoms with Crippen LogP contribution in [0.25, 0.3) is 10.9 Å². The van der Waals surface area contributed by atoms with Gasteiger partial charge in [-0.2, -0.15) is 0 Å². The predicted molar refractivity (Wildman–Crippen MR) is 78.6 cm³/mol. The molecule has 0 fully saturated rings. The molecule has 0 atom stereocenters. The summed E-state index contributed by atoms with van der Waals surface area (Å²) in [4.78, 5) is 4.30. The molecular weight excluding hydrogens is 234 g/mol. The maximum Gasteiger partial charge on any atom is 0.0703 e. The molecule has 1 heterocycles. The van der Waals surface area contributed by atoms with E-state index < -0.39 is 0 Å². The van der Waals surface area contributed by atoms with Gasteiger partial charge in [-0.1, -0.05) is 36.4 Å². The Labute approximate surface area is 112 Å². The number of anilines is 1. The molecule has 2 N–H and O–H groups in total. The second kappa shape index (κ2) is 5.50. The van der Waals surface area contributed by atoms with E-state index in [9.17, 15) is 0 Å². The van der Waals surface area contributed by atoms with Gasteiger partial charge in [-0.15, -0.1) is 0 Å². The van der Waals surface area contributed by atoms with Crippen molar-refractivity contribution in [2.75, 3.05) is 5.43 Å². The first-order valence-electron chi connectivity index (χ1n) is 6.29. The summed E-state index contributed by atoms with van der Waals surface area (Å²) in [5, 5.41) is 1.13. The van der Waals surface area contributed by atoms with Gasteiger partial charge in [0.1, 0.15) is 0 Å². The van der Waals surface area contributed by atoms with Gasteiger partial charge in [0, 0.05) is 23.8 Å². The van der Waals surface area contributed by atoms with Crippen molar-refractivity contribution in [1.82, 2.24) is 10.4 Å². The van der Waals surface area contributed by atoms with Crippen LogP contribution < -0.4 is 10.9 Å². The van der Waals surface area contributed by atoms with Crippen molar-refractivity contribution in [2.45, 2.75) is 6.54 Å². The molecule has 0 unspecified atom stereocenters. The third-order valence-corrected chi connectivity index (χ3v) is 2.97. The van der Waals surface area contributed by atoms with Crippen LogP contribution in [0.2, 0.25) is 0 Å². The van der Waals surface area contributed by atoms with Crippen molar-refractivity contribution in [1.29, 1.82) is 0 Å². The normalized spacial score (nSPS) is 10.5. The van der Waals surface area contributed by atoms with Gasteiger partial charge in [0.25, 0.3) is 0 Å². The summed E-state index contributed by atoms with van der Waals surface area (Å²) in [6, 6.07) is 20.4. The minimum absolute atomic E-state index is 0.784. The number of benzene rings is 2. The smallest absolute Gasteiger partial charge is 0.0703 e. The highest BCUT2D eigenvalue weighted by Gasteiger charge is 1.96. The van der Waals surface area contributed by atoms with Crippen molar-refractivity contribution in [3.05, 3.63) is 72.4 Å². The summed E-state index contributed by atoms with van der Waals surface area (Å²) in [5.74, 6) is 0. The molecule has 0 bridgehead atoms. The standard InChI is InChI=1S/C16H15N3/c1-2-5-13(6-3-1)12-18-19-15-8-9-16-14(11-15)7-4-10-17-16/h1-11,18-19H,12H2. The van der Waals surface area contributed by atoms with Crippen molar-refractivity contribution in [3.8, 4) is 0 Å². The van der Waals surface area contributed by atoms with Crippen LogP contribution >= 0.6 is 0 Å². The molecule has 94 valence electrons. The summed E-state index contributed by atoms with van der Waals surface area (Å²) in [6.45, 7) is 0.784. The number of aromatic nitrogens is 1. The summed E-state index contributed by atoms with van der Waals surface area (Å²) < 4.78 is 0. The lowest BCUT2D eigenvalue weighted by atomic mass is 10.2. The quantitative estimate of drug-likeness (QED) is 0.696. The maximum absolute atomic E-state index is 4.30. The number of hydrogen-bond donors (Lipinski definition) is 2. The molecule has 3 heteroatoms. The van der Waals surface area contributed by atoms with Crippen LogP contribution in [-0.4, -0.2) is 4.98 Å². The lowest BCUT2D eigenvalue weighted by molar-refractivity contribution is 0.802. The monoisotopic (exact) mass is 249 g/mol. The Bertz CT molecular complexity index is 665. The lowest BCUT2D eigenvalue weighted by Crippen LogP contribution is -2.20. The summed E-state index contributed by atoms with van der Waals surface area (Å²) in [5.41, 5.74) is 9.72. The van der Waals surface area contributed by atoms with Gasteiger partial charge in [0.05, 0.1) is 5.52 Å². The van der Waals surface area contributed by atoms with E-state index >= 15 is 0 Å². The third-order valence-electron chi connectivity index (χ3n) is 2.97. The second-order valence-electron chi connectivity index (χ2n) is 4.38. The van der Waals surface area contributed by atoms with E-state index in [4.69, 9.17) is 0 Å². The minimum Gasteiger partial charge on any atom is -0.321 e. The van der Waals surface area contributed by atoms with Crippen LogP contribution in [0.15, 0.2) is 66.9 Å². The number of hydrazine groups is 1. The highest BCUT2D eigenvalue weighted by molar-refractivity contribution is 5.81. The van der Waals surface area contributed by atoms with Crippen LogP contribution in [0.5, 0.6) is 0 Å². The first kappa shape index (κ1) is 11.7. The van der Waals surface area contributed by atoms with Gasteiger partial charge >= 0.3 is 0 Å². The number of nitrogens with one attached hydrogen (secondary N) is 2. The van der Waals surface area contributed by atoms with Gasteiger partial charge in [0.2, 0.25) is 0 Å². The zero-order valence-corrected chi connectivity index (χ0v) is 10.5. The molecule has 0 aliphatic heterocycles. The fraction of sp³-hybridized carbons (Fsp3) is 0.0625. The minimum atomic E-state index is 0.784. The van der Waals surface area contributed by atoms with E-state index in [0.29, 0.717) is 0 Å². The van der Waals surface area contributed by atoms with E-state index in [-0.39, 0.29) is 0 Å². The van der Waals surface area contributed by atoms with Crippen LogP contribution in [-0.2, 0) is 6.54 Å². The Morgan fingerprint density at radius 1 is 0.895 bits per heavy atom. The largest absolute Gasteiger partial charge is 0.321 e. The van der Waals surface area contributed by atoms with Gasteiger partial charge in [-0.3, -0.25) is 4.98 Å². The summed E-state index contributed by atoms with van der Waals surface area (Å²) >= 11 is 0. The molecule has 0 saturated heterocycles. The Kier molecular flexibility index (Phi) is 3.38. The topological polar surface area (TPSA) is 37.0 Å². The van der Waals surface area contributed by atoms with Crippen LogP contribution in [0.4, 0.5) is 5.69 Å². The molecule has 0 saturated carbocycles. The molecule has 3 rings (SSSR count).